The maximum Gasteiger partial charge on any atom is 0.296 e. The highest BCUT2D eigenvalue weighted by molar-refractivity contribution is 6.34. The number of amides is 2. The van der Waals surface area contributed by atoms with Gasteiger partial charge in [-0.15, -0.1) is 0 Å². The Morgan fingerprint density at radius 2 is 1.48 bits per heavy atom. The van der Waals surface area contributed by atoms with E-state index in [4.69, 9.17) is 18.9 Å². The van der Waals surface area contributed by atoms with Crippen LogP contribution in [0.15, 0.2) is 48.2 Å². The van der Waals surface area contributed by atoms with Gasteiger partial charge in [0.1, 0.15) is 18.1 Å². The fourth-order valence-corrected chi connectivity index (χ4v) is 2.94. The van der Waals surface area contributed by atoms with Gasteiger partial charge in [-0.2, -0.15) is 0 Å². The summed E-state index contributed by atoms with van der Waals surface area (Å²) in [5, 5.41) is 10.3. The zero-order chi connectivity index (χ0) is 21.0. The first-order chi connectivity index (χ1) is 14.0. The molecular formula is C21H21NO7. The summed E-state index contributed by atoms with van der Waals surface area (Å²) in [6.45, 7) is 0.0703. The summed E-state index contributed by atoms with van der Waals surface area (Å²) in [6, 6.07) is 11.6. The lowest BCUT2D eigenvalue weighted by Gasteiger charge is -2.15. The van der Waals surface area contributed by atoms with Crippen molar-refractivity contribution in [1.29, 1.82) is 0 Å². The van der Waals surface area contributed by atoms with E-state index in [1.807, 2.05) is 0 Å². The molecule has 2 amide bonds. The first-order valence-corrected chi connectivity index (χ1v) is 8.78. The lowest BCUT2D eigenvalue weighted by molar-refractivity contribution is -0.138. The topological polar surface area (TPSA) is 94.5 Å². The average Bonchev–Trinajstić information content (AvgIpc) is 2.96. The van der Waals surface area contributed by atoms with E-state index in [2.05, 4.69) is 0 Å². The highest BCUT2D eigenvalue weighted by Crippen LogP contribution is 2.34. The van der Waals surface area contributed by atoms with E-state index in [1.54, 1.807) is 43.5 Å². The van der Waals surface area contributed by atoms with Crippen LogP contribution in [0.25, 0.3) is 5.57 Å². The molecule has 29 heavy (non-hydrogen) atoms. The van der Waals surface area contributed by atoms with E-state index >= 15 is 0 Å². The summed E-state index contributed by atoms with van der Waals surface area (Å²) < 4.78 is 21.0. The van der Waals surface area contributed by atoms with Gasteiger partial charge in [-0.1, -0.05) is 6.07 Å². The average molecular weight is 399 g/mol. The molecule has 152 valence electrons. The highest BCUT2D eigenvalue weighted by atomic mass is 16.5. The Balaban J connectivity index is 1.71. The minimum Gasteiger partial charge on any atom is -0.502 e. The SMILES string of the molecule is COc1ccc(OCCN2C(=O)C(O)=C(c3ccc(OC)c(OC)c3)C2=O)cc1. The number of aliphatic hydroxyl groups excluding tert-OH is 1. The van der Waals surface area contributed by atoms with Crippen molar-refractivity contribution in [2.45, 2.75) is 0 Å². The van der Waals surface area contributed by atoms with E-state index in [9.17, 15) is 14.7 Å². The van der Waals surface area contributed by atoms with Crippen LogP contribution in [0.3, 0.4) is 0 Å². The van der Waals surface area contributed by atoms with Gasteiger partial charge < -0.3 is 24.1 Å². The van der Waals surface area contributed by atoms with Crippen molar-refractivity contribution < 1.29 is 33.6 Å². The molecule has 3 rings (SSSR count). The number of benzene rings is 2. The molecule has 0 atom stereocenters. The molecular weight excluding hydrogens is 378 g/mol. The lowest BCUT2D eigenvalue weighted by Crippen LogP contribution is -2.35. The fraction of sp³-hybridized carbons (Fsp3) is 0.238. The summed E-state index contributed by atoms with van der Waals surface area (Å²) >= 11 is 0. The third-order valence-corrected chi connectivity index (χ3v) is 4.46. The van der Waals surface area contributed by atoms with Gasteiger partial charge in [0.2, 0.25) is 0 Å². The van der Waals surface area contributed by atoms with Gasteiger partial charge in [0.25, 0.3) is 11.8 Å². The Hall–Kier alpha value is -3.68. The van der Waals surface area contributed by atoms with Crippen molar-refractivity contribution in [2.24, 2.45) is 0 Å². The maximum atomic E-state index is 12.7. The molecule has 0 saturated carbocycles. The van der Waals surface area contributed by atoms with Crippen LogP contribution in [-0.4, -0.2) is 56.3 Å². The van der Waals surface area contributed by atoms with E-state index in [1.165, 1.54) is 20.3 Å². The van der Waals surface area contributed by atoms with Crippen LogP contribution < -0.4 is 18.9 Å². The lowest BCUT2D eigenvalue weighted by atomic mass is 10.0. The molecule has 1 aliphatic heterocycles. The minimum atomic E-state index is -0.766. The minimum absolute atomic E-state index is 0.00938. The Morgan fingerprint density at radius 3 is 2.10 bits per heavy atom. The zero-order valence-electron chi connectivity index (χ0n) is 16.3. The second-order valence-corrected chi connectivity index (χ2v) is 6.08. The standard InChI is InChI=1S/C21H21NO7/c1-26-14-5-7-15(8-6-14)29-11-10-22-20(24)18(19(23)21(22)25)13-4-9-16(27-2)17(12-13)28-3/h4-9,12,23H,10-11H2,1-3H3. The van der Waals surface area contributed by atoms with E-state index in [0.29, 0.717) is 28.6 Å². The number of aliphatic hydroxyl groups is 1. The van der Waals surface area contributed by atoms with Gasteiger partial charge >= 0.3 is 0 Å². The largest absolute Gasteiger partial charge is 0.502 e. The number of imide groups is 1. The fourth-order valence-electron chi connectivity index (χ4n) is 2.94. The van der Waals surface area contributed by atoms with Crippen molar-refractivity contribution in [1.82, 2.24) is 4.90 Å². The molecule has 0 saturated heterocycles. The predicted molar refractivity (Wildman–Crippen MR) is 104 cm³/mol. The smallest absolute Gasteiger partial charge is 0.296 e. The molecule has 2 aromatic rings. The molecule has 0 radical (unpaired) electrons. The number of methoxy groups -OCH3 is 3. The van der Waals surface area contributed by atoms with Crippen LogP contribution in [0, 0.1) is 0 Å². The van der Waals surface area contributed by atoms with Crippen LogP contribution in [-0.2, 0) is 9.59 Å². The van der Waals surface area contributed by atoms with Gasteiger partial charge in [-0.3, -0.25) is 14.5 Å². The van der Waals surface area contributed by atoms with Crippen LogP contribution in [0.4, 0.5) is 0 Å². The number of rotatable bonds is 8. The van der Waals surface area contributed by atoms with Gasteiger partial charge in [0.05, 0.1) is 33.4 Å². The number of nitrogens with zero attached hydrogens (tertiary/aromatic N) is 1. The third-order valence-electron chi connectivity index (χ3n) is 4.46. The number of hydrogen-bond donors (Lipinski definition) is 1. The highest BCUT2D eigenvalue weighted by Gasteiger charge is 2.39. The number of carbonyl (C=O) groups is 2. The number of ether oxygens (including phenoxy) is 4. The van der Waals surface area contributed by atoms with Crippen molar-refractivity contribution in [3.05, 3.63) is 53.8 Å². The van der Waals surface area contributed by atoms with Crippen molar-refractivity contribution in [2.75, 3.05) is 34.5 Å². The monoisotopic (exact) mass is 399 g/mol. The van der Waals surface area contributed by atoms with Crippen LogP contribution in [0.5, 0.6) is 23.0 Å². The van der Waals surface area contributed by atoms with Crippen LogP contribution in [0.2, 0.25) is 0 Å². The van der Waals surface area contributed by atoms with E-state index < -0.39 is 17.6 Å². The molecule has 2 aromatic carbocycles. The Labute approximate surface area is 167 Å². The molecule has 0 spiro atoms. The van der Waals surface area contributed by atoms with E-state index in [-0.39, 0.29) is 18.7 Å². The second kappa shape index (κ2) is 8.55. The molecule has 1 aliphatic rings. The summed E-state index contributed by atoms with van der Waals surface area (Å²) in [7, 11) is 4.51. The van der Waals surface area contributed by atoms with Crippen LogP contribution in [0.1, 0.15) is 5.56 Å². The van der Waals surface area contributed by atoms with E-state index in [0.717, 1.165) is 4.90 Å². The van der Waals surface area contributed by atoms with Gasteiger partial charge in [-0.05, 0) is 42.0 Å². The Kier molecular flexibility index (Phi) is 5.92. The first-order valence-electron chi connectivity index (χ1n) is 8.78. The Bertz CT molecular complexity index is 950. The molecule has 0 aliphatic carbocycles. The molecule has 0 unspecified atom stereocenters. The molecule has 1 N–H and O–H groups in total. The number of carbonyl (C=O) groups excluding carboxylic acids is 2. The Morgan fingerprint density at radius 1 is 0.828 bits per heavy atom. The molecule has 1 heterocycles. The quantitative estimate of drug-likeness (QED) is 0.681. The van der Waals surface area contributed by atoms with Gasteiger partial charge in [0.15, 0.2) is 17.3 Å². The summed E-state index contributed by atoms with van der Waals surface area (Å²) in [5.74, 6) is 0.144. The summed E-state index contributed by atoms with van der Waals surface area (Å²) in [6.07, 6.45) is 0. The molecule has 0 aromatic heterocycles. The number of hydrogen-bond acceptors (Lipinski definition) is 7. The first kappa shape index (κ1) is 20.1. The summed E-state index contributed by atoms with van der Waals surface area (Å²) in [4.78, 5) is 26.1. The van der Waals surface area contributed by atoms with Crippen molar-refractivity contribution in [3.8, 4) is 23.0 Å². The molecule has 0 bridgehead atoms. The predicted octanol–water partition coefficient (Wildman–Crippen LogP) is 2.43. The van der Waals surface area contributed by atoms with Gasteiger partial charge in [0, 0.05) is 0 Å². The normalized spacial score (nSPS) is 13.7. The molecule has 0 fully saturated rings. The van der Waals surface area contributed by atoms with Crippen molar-refractivity contribution >= 4 is 17.4 Å². The maximum absolute atomic E-state index is 12.7. The zero-order valence-corrected chi connectivity index (χ0v) is 16.3. The molecule has 8 nitrogen and oxygen atoms in total. The molecule has 8 heteroatoms. The summed E-state index contributed by atoms with van der Waals surface area (Å²) in [5.41, 5.74) is 0.275. The van der Waals surface area contributed by atoms with Crippen molar-refractivity contribution in [3.63, 3.8) is 0 Å². The van der Waals surface area contributed by atoms with Crippen LogP contribution >= 0.6 is 0 Å². The second-order valence-electron chi connectivity index (χ2n) is 6.08. The van der Waals surface area contributed by atoms with Gasteiger partial charge in [-0.25, -0.2) is 0 Å². The third kappa shape index (κ3) is 3.96.